The van der Waals surface area contributed by atoms with Crippen molar-refractivity contribution in [1.29, 1.82) is 0 Å². The van der Waals surface area contributed by atoms with Crippen LogP contribution >= 0.6 is 23.3 Å². The molecule has 3 aromatic rings. The summed E-state index contributed by atoms with van der Waals surface area (Å²) in [5.41, 5.74) is 1.91. The molecule has 2 aromatic carbocycles. The Morgan fingerprint density at radius 1 is 1.16 bits per heavy atom. The summed E-state index contributed by atoms with van der Waals surface area (Å²) in [4.78, 5) is 0.198. The molecule has 1 aromatic heterocycles. The number of aromatic nitrogens is 2. The first kappa shape index (κ1) is 16.9. The maximum Gasteiger partial charge on any atom is 0.245 e. The fourth-order valence-corrected chi connectivity index (χ4v) is 5.10. The van der Waals surface area contributed by atoms with Crippen LogP contribution in [-0.2, 0) is 21.4 Å². The van der Waals surface area contributed by atoms with Crippen molar-refractivity contribution < 1.29 is 13.2 Å². The van der Waals surface area contributed by atoms with Gasteiger partial charge in [-0.3, -0.25) is 0 Å². The third-order valence-electron chi connectivity index (χ3n) is 4.11. The van der Waals surface area contributed by atoms with Gasteiger partial charge in [0.1, 0.15) is 15.9 Å². The van der Waals surface area contributed by atoms with Gasteiger partial charge in [-0.05, 0) is 23.8 Å². The van der Waals surface area contributed by atoms with Gasteiger partial charge in [0.25, 0.3) is 0 Å². The molecule has 6 nitrogen and oxygen atoms in total. The van der Waals surface area contributed by atoms with E-state index < -0.39 is 10.0 Å². The highest BCUT2D eigenvalue weighted by atomic mass is 35.5. The molecular formula is C16H14ClN3O3S2. The van der Waals surface area contributed by atoms with Gasteiger partial charge in [-0.1, -0.05) is 35.9 Å². The van der Waals surface area contributed by atoms with Crippen LogP contribution in [0.5, 0.6) is 0 Å². The molecular weight excluding hydrogens is 382 g/mol. The minimum atomic E-state index is -3.59. The molecule has 0 spiro atoms. The molecule has 0 amide bonds. The molecule has 0 atom stereocenters. The van der Waals surface area contributed by atoms with Gasteiger partial charge in [-0.2, -0.15) is 13.1 Å². The first-order chi connectivity index (χ1) is 12.1. The van der Waals surface area contributed by atoms with Gasteiger partial charge < -0.3 is 4.74 Å². The number of rotatable bonds is 5. The summed E-state index contributed by atoms with van der Waals surface area (Å²) in [6.07, 6.45) is -0.140. The second-order valence-corrected chi connectivity index (χ2v) is 8.58. The third kappa shape index (κ3) is 3.16. The van der Waals surface area contributed by atoms with Gasteiger partial charge >= 0.3 is 0 Å². The Bertz CT molecular complexity index is 1020. The summed E-state index contributed by atoms with van der Waals surface area (Å²) in [7, 11) is -3.59. The van der Waals surface area contributed by atoms with E-state index in [-0.39, 0.29) is 11.0 Å². The van der Waals surface area contributed by atoms with E-state index in [4.69, 9.17) is 16.3 Å². The van der Waals surface area contributed by atoms with E-state index in [1.165, 1.54) is 4.31 Å². The van der Waals surface area contributed by atoms with E-state index in [1.807, 2.05) is 18.2 Å². The Morgan fingerprint density at radius 2 is 1.96 bits per heavy atom. The van der Waals surface area contributed by atoms with Gasteiger partial charge in [0.15, 0.2) is 0 Å². The molecule has 1 aliphatic heterocycles. The zero-order valence-electron chi connectivity index (χ0n) is 13.0. The van der Waals surface area contributed by atoms with Crippen molar-refractivity contribution in [3.05, 3.63) is 53.1 Å². The summed E-state index contributed by atoms with van der Waals surface area (Å²) in [6, 6.07) is 12.5. The molecule has 9 heteroatoms. The van der Waals surface area contributed by atoms with Crippen LogP contribution in [-0.4, -0.2) is 40.7 Å². The van der Waals surface area contributed by atoms with Crippen molar-refractivity contribution in [3.8, 4) is 0 Å². The monoisotopic (exact) mass is 395 g/mol. The van der Waals surface area contributed by atoms with E-state index in [2.05, 4.69) is 8.75 Å². The lowest BCUT2D eigenvalue weighted by atomic mass is 10.2. The van der Waals surface area contributed by atoms with Crippen LogP contribution in [0.3, 0.4) is 0 Å². The highest BCUT2D eigenvalue weighted by molar-refractivity contribution is 7.89. The number of ether oxygens (including phenoxy) is 1. The minimum Gasteiger partial charge on any atom is -0.371 e. The first-order valence-electron chi connectivity index (χ1n) is 7.62. The van der Waals surface area contributed by atoms with Gasteiger partial charge in [0, 0.05) is 18.1 Å². The molecule has 0 saturated carbocycles. The number of fused-ring (bicyclic) bond motifs is 1. The smallest absolute Gasteiger partial charge is 0.245 e. The van der Waals surface area contributed by atoms with E-state index >= 15 is 0 Å². The lowest BCUT2D eigenvalue weighted by molar-refractivity contribution is -0.0295. The Labute approximate surface area is 154 Å². The van der Waals surface area contributed by atoms with E-state index in [0.717, 1.165) is 17.3 Å². The molecule has 130 valence electrons. The fourth-order valence-electron chi connectivity index (χ4n) is 2.65. The molecule has 0 aliphatic carbocycles. The van der Waals surface area contributed by atoms with Crippen LogP contribution in [0.25, 0.3) is 11.0 Å². The van der Waals surface area contributed by atoms with E-state index in [0.29, 0.717) is 35.8 Å². The molecule has 1 fully saturated rings. The van der Waals surface area contributed by atoms with Crippen LogP contribution in [0.1, 0.15) is 5.56 Å². The van der Waals surface area contributed by atoms with Gasteiger partial charge in [-0.25, -0.2) is 8.42 Å². The lowest BCUT2D eigenvalue weighted by Gasteiger charge is -2.37. The van der Waals surface area contributed by atoms with Crippen LogP contribution in [0.15, 0.2) is 47.4 Å². The van der Waals surface area contributed by atoms with Crippen molar-refractivity contribution in [2.75, 3.05) is 13.1 Å². The molecule has 0 bridgehead atoms. The molecule has 0 N–H and O–H groups in total. The molecule has 25 heavy (non-hydrogen) atoms. The zero-order valence-corrected chi connectivity index (χ0v) is 15.4. The molecule has 1 saturated heterocycles. The van der Waals surface area contributed by atoms with Gasteiger partial charge in [0.05, 0.1) is 24.4 Å². The standard InChI is InChI=1S/C16H14ClN3O3S2/c17-13-5-2-1-4-11(13)10-23-12-8-20(9-12)25(21,22)15-7-3-6-14-16(15)19-24-18-14/h1-7,12H,8-10H2. The molecule has 1 aliphatic rings. The average Bonchev–Trinajstić information content (AvgIpc) is 3.03. The summed E-state index contributed by atoms with van der Waals surface area (Å²) < 4.78 is 40.9. The zero-order chi connectivity index (χ0) is 17.4. The van der Waals surface area contributed by atoms with E-state index in [1.54, 1.807) is 24.3 Å². The largest absolute Gasteiger partial charge is 0.371 e. The predicted octanol–water partition coefficient (Wildman–Crippen LogP) is 2.93. The number of nitrogens with zero attached hydrogens (tertiary/aromatic N) is 3. The number of benzene rings is 2. The summed E-state index contributed by atoms with van der Waals surface area (Å²) in [6.45, 7) is 1.01. The van der Waals surface area contributed by atoms with E-state index in [9.17, 15) is 8.42 Å². The summed E-state index contributed by atoms with van der Waals surface area (Å²) >= 11 is 7.10. The normalized spacial score (nSPS) is 16.2. The van der Waals surface area contributed by atoms with Crippen LogP contribution in [0.2, 0.25) is 5.02 Å². The number of hydrogen-bond donors (Lipinski definition) is 0. The van der Waals surface area contributed by atoms with Gasteiger partial charge in [-0.15, -0.1) is 0 Å². The highest BCUT2D eigenvalue weighted by Gasteiger charge is 2.38. The van der Waals surface area contributed by atoms with Crippen molar-refractivity contribution in [2.24, 2.45) is 0 Å². The maximum absolute atomic E-state index is 12.8. The Hall–Kier alpha value is -1.58. The Balaban J connectivity index is 1.43. The number of halogens is 1. The third-order valence-corrected chi connectivity index (χ3v) is 6.89. The molecule has 4 rings (SSSR count). The fraction of sp³-hybridized carbons (Fsp3) is 0.250. The molecule has 0 radical (unpaired) electrons. The Morgan fingerprint density at radius 3 is 2.76 bits per heavy atom. The van der Waals surface area contributed by atoms with Crippen molar-refractivity contribution in [3.63, 3.8) is 0 Å². The lowest BCUT2D eigenvalue weighted by Crippen LogP contribution is -2.54. The quantitative estimate of drug-likeness (QED) is 0.664. The van der Waals surface area contributed by atoms with Crippen LogP contribution in [0.4, 0.5) is 0 Å². The summed E-state index contributed by atoms with van der Waals surface area (Å²) in [5.74, 6) is 0. The second-order valence-electron chi connectivity index (χ2n) is 5.73. The first-order valence-corrected chi connectivity index (χ1v) is 10.2. The van der Waals surface area contributed by atoms with Crippen LogP contribution < -0.4 is 0 Å². The number of hydrogen-bond acceptors (Lipinski definition) is 6. The minimum absolute atomic E-state index is 0.140. The molecule has 0 unspecified atom stereocenters. The predicted molar refractivity (Wildman–Crippen MR) is 96.2 cm³/mol. The topological polar surface area (TPSA) is 72.4 Å². The van der Waals surface area contributed by atoms with Crippen molar-refractivity contribution >= 4 is 44.4 Å². The number of sulfonamides is 1. The summed E-state index contributed by atoms with van der Waals surface area (Å²) in [5, 5.41) is 0.647. The average molecular weight is 396 g/mol. The maximum atomic E-state index is 12.8. The SMILES string of the molecule is O=S(=O)(c1cccc2nsnc12)N1CC(OCc2ccccc2Cl)C1. The van der Waals surface area contributed by atoms with Crippen molar-refractivity contribution in [1.82, 2.24) is 13.1 Å². The van der Waals surface area contributed by atoms with Gasteiger partial charge in [0.2, 0.25) is 10.0 Å². The second kappa shape index (κ2) is 6.62. The molecule has 2 heterocycles. The van der Waals surface area contributed by atoms with Crippen LogP contribution in [0, 0.1) is 0 Å². The van der Waals surface area contributed by atoms with Crippen molar-refractivity contribution in [2.45, 2.75) is 17.6 Å². The highest BCUT2D eigenvalue weighted by Crippen LogP contribution is 2.28. The Kier molecular flexibility index (Phi) is 4.47.